The van der Waals surface area contributed by atoms with Gasteiger partial charge >= 0.3 is 0 Å². The van der Waals surface area contributed by atoms with Crippen LogP contribution in [0.25, 0.3) is 56.0 Å². The van der Waals surface area contributed by atoms with Crippen LogP contribution in [0.5, 0.6) is 0 Å². The fourth-order valence-corrected chi connectivity index (χ4v) is 7.71. The fourth-order valence-electron chi connectivity index (χ4n) is 7.51. The number of hydrogen-bond donors (Lipinski definition) is 4. The summed E-state index contributed by atoms with van der Waals surface area (Å²) in [6.07, 6.45) is 9.53. The first kappa shape index (κ1) is 45.5. The molecular weight excluding hydrogens is 828 g/mol. The molecule has 0 amide bonds. The molecule has 0 bridgehead atoms. The van der Waals surface area contributed by atoms with Crippen molar-refractivity contribution in [3.8, 4) is 46.5 Å². The first-order chi connectivity index (χ1) is 31.3. The molecule has 0 aliphatic carbocycles. The number of nitrogens with zero attached hydrogens (tertiary/aromatic N) is 8. The predicted molar refractivity (Wildman–Crippen MR) is 262 cm³/mol. The molecule has 0 saturated carbocycles. The van der Waals surface area contributed by atoms with Gasteiger partial charge in [-0.15, -0.1) is 0 Å². The van der Waals surface area contributed by atoms with Gasteiger partial charge in [-0.25, -0.2) is 19.9 Å². The Morgan fingerprint density at radius 1 is 0.538 bits per heavy atom. The number of halogens is 1. The van der Waals surface area contributed by atoms with Crippen molar-refractivity contribution in [2.45, 2.75) is 27.7 Å². The number of nitrogen functional groups attached to an aromatic ring is 3. The number of anilines is 5. The van der Waals surface area contributed by atoms with Crippen LogP contribution < -0.4 is 22.5 Å². The average Bonchev–Trinajstić information content (AvgIpc) is 3.28. The molecule has 8 aromatic rings. The van der Waals surface area contributed by atoms with Gasteiger partial charge in [-0.05, 0) is 143 Å². The smallest absolute Gasteiger partial charge is 0.134 e. The second kappa shape index (κ2) is 20.7. The van der Waals surface area contributed by atoms with Crippen molar-refractivity contribution in [1.29, 1.82) is 21.0 Å². The minimum Gasteiger partial charge on any atom is -0.384 e. The summed E-state index contributed by atoms with van der Waals surface area (Å²) in [5.74, 6) is 2.44. The van der Waals surface area contributed by atoms with Gasteiger partial charge in [0.1, 0.15) is 46.4 Å². The third-order valence-electron chi connectivity index (χ3n) is 10.2. The quantitative estimate of drug-likeness (QED) is 0.0902. The molecule has 0 spiro atoms. The van der Waals surface area contributed by atoms with Crippen LogP contribution in [0.4, 0.5) is 29.1 Å². The van der Waals surface area contributed by atoms with Crippen molar-refractivity contribution in [1.82, 2.24) is 19.9 Å². The number of fused-ring (bicyclic) bond motifs is 2. The van der Waals surface area contributed by atoms with Crippen LogP contribution in [-0.2, 0) is 0 Å². The van der Waals surface area contributed by atoms with Crippen molar-refractivity contribution < 1.29 is 0 Å². The number of nitrogens with one attached hydrogen (secondary N) is 1. The van der Waals surface area contributed by atoms with Gasteiger partial charge in [-0.1, -0.05) is 72.3 Å². The number of aromatic nitrogens is 4. The zero-order chi connectivity index (χ0) is 46.6. The number of pyridine rings is 4. The number of allylic oxidation sites excluding steroid dienone is 2. The number of hydrogen-bond acceptors (Lipinski definition) is 12. The molecule has 0 aliphatic rings. The standard InChI is InChI=1S/C26H20N6.C20H16ClN3.C6H5N3/c1-16-11-18(5-4-10-27)12-17(2)25(16)20-6-3-7-21-22(20)13-24(32-26(21)29)31-23-9-8-19(14-28)15-30-23;1-12-9-14(5-4-8-22)10-13(2)19(12)15-6-3-7-16-17(15)11-18(21)24-20(16)23;7-3-5-1-2-6(8)9-4-5/h3-9,11-13,15H,1-2H3,(H3,29,30,31,32);3-7,9-11H,1-2H3,(H2,23,24);1-2,4H,(H2,8,9)/b2*5-4+;. The molecule has 316 valence electrons. The van der Waals surface area contributed by atoms with Gasteiger partial charge in [0.25, 0.3) is 0 Å². The van der Waals surface area contributed by atoms with Crippen LogP contribution >= 0.6 is 11.6 Å². The third-order valence-corrected chi connectivity index (χ3v) is 10.4. The van der Waals surface area contributed by atoms with E-state index >= 15 is 0 Å². The lowest BCUT2D eigenvalue weighted by atomic mass is 9.90. The summed E-state index contributed by atoms with van der Waals surface area (Å²) in [6.45, 7) is 8.26. The highest BCUT2D eigenvalue weighted by atomic mass is 35.5. The molecule has 8 rings (SSSR count). The highest BCUT2D eigenvalue weighted by Crippen LogP contribution is 2.38. The largest absolute Gasteiger partial charge is 0.384 e. The first-order valence-corrected chi connectivity index (χ1v) is 20.4. The Kier molecular flexibility index (Phi) is 14.5. The molecule has 13 heteroatoms. The minimum absolute atomic E-state index is 0.385. The molecule has 0 atom stereocenters. The molecule has 0 radical (unpaired) electrons. The zero-order valence-electron chi connectivity index (χ0n) is 35.9. The summed E-state index contributed by atoms with van der Waals surface area (Å²) >= 11 is 6.11. The van der Waals surface area contributed by atoms with Gasteiger partial charge in [0.2, 0.25) is 0 Å². The highest BCUT2D eigenvalue weighted by Gasteiger charge is 2.15. The monoisotopic (exact) mass is 868 g/mol. The second-order valence-electron chi connectivity index (χ2n) is 14.8. The van der Waals surface area contributed by atoms with Crippen molar-refractivity contribution in [2.24, 2.45) is 0 Å². The fraction of sp³-hybridized carbons (Fsp3) is 0.0769. The number of nitrogens with two attached hydrogens (primary N) is 3. The van der Waals surface area contributed by atoms with Gasteiger partial charge in [0, 0.05) is 35.3 Å². The predicted octanol–water partition coefficient (Wildman–Crippen LogP) is 11.5. The lowest BCUT2D eigenvalue weighted by Crippen LogP contribution is -2.01. The van der Waals surface area contributed by atoms with Crippen LogP contribution in [0, 0.1) is 73.0 Å². The molecule has 4 aromatic heterocycles. The van der Waals surface area contributed by atoms with Gasteiger partial charge in [-0.3, -0.25) is 0 Å². The van der Waals surface area contributed by atoms with E-state index in [0.29, 0.717) is 45.4 Å². The molecule has 0 unspecified atom stereocenters. The Hall–Kier alpha value is -9.07. The van der Waals surface area contributed by atoms with E-state index in [-0.39, 0.29) is 0 Å². The van der Waals surface area contributed by atoms with E-state index in [9.17, 15) is 0 Å². The molecule has 7 N–H and O–H groups in total. The van der Waals surface area contributed by atoms with Crippen molar-refractivity contribution >= 4 is 74.4 Å². The molecule has 65 heavy (non-hydrogen) atoms. The van der Waals surface area contributed by atoms with E-state index in [1.54, 1.807) is 30.3 Å². The van der Waals surface area contributed by atoms with Crippen LogP contribution in [-0.4, -0.2) is 19.9 Å². The number of benzene rings is 4. The van der Waals surface area contributed by atoms with Gasteiger partial charge in [0.15, 0.2) is 0 Å². The van der Waals surface area contributed by atoms with E-state index in [1.165, 1.54) is 24.5 Å². The molecule has 4 heterocycles. The Labute approximate surface area is 381 Å². The van der Waals surface area contributed by atoms with Gasteiger partial charge in [-0.2, -0.15) is 21.0 Å². The maximum absolute atomic E-state index is 8.96. The van der Waals surface area contributed by atoms with Crippen LogP contribution in [0.2, 0.25) is 5.15 Å². The Balaban J connectivity index is 0.000000186. The van der Waals surface area contributed by atoms with E-state index in [0.717, 1.165) is 77.2 Å². The molecule has 12 nitrogen and oxygen atoms in total. The minimum atomic E-state index is 0.385. The third kappa shape index (κ3) is 10.9. The molecule has 0 fully saturated rings. The summed E-state index contributed by atoms with van der Waals surface area (Å²) in [5.41, 5.74) is 29.5. The lowest BCUT2D eigenvalue weighted by molar-refractivity contribution is 1.25. The molecular formula is C52H41ClN12. The SMILES string of the molecule is Cc1cc(/C=C/C#N)cc(C)c1-c1cccc2c(N)nc(Cl)cc12.Cc1cc(/C=C/C#N)cc(C)c1-c1cccc2c(N)nc(Nc3ccc(C#N)cn3)cc12.N#Cc1ccc(N)nc1. The maximum atomic E-state index is 8.96. The van der Waals surface area contributed by atoms with Crippen molar-refractivity contribution in [2.75, 3.05) is 22.5 Å². The average molecular weight is 869 g/mol. The summed E-state index contributed by atoms with van der Waals surface area (Å²) < 4.78 is 0. The number of nitriles is 4. The van der Waals surface area contributed by atoms with Crippen molar-refractivity contribution in [3.05, 3.63) is 171 Å². The lowest BCUT2D eigenvalue weighted by Gasteiger charge is -2.16. The van der Waals surface area contributed by atoms with Crippen LogP contribution in [0.15, 0.2) is 122 Å². The Bertz CT molecular complexity index is 3260. The molecule has 4 aromatic carbocycles. The molecule has 0 aliphatic heterocycles. The second-order valence-corrected chi connectivity index (χ2v) is 15.1. The van der Waals surface area contributed by atoms with E-state index in [4.69, 9.17) is 49.8 Å². The zero-order valence-corrected chi connectivity index (χ0v) is 36.6. The summed E-state index contributed by atoms with van der Waals surface area (Å²) in [7, 11) is 0. The van der Waals surface area contributed by atoms with E-state index in [2.05, 4.69) is 95.4 Å². The summed E-state index contributed by atoms with van der Waals surface area (Å²) in [6, 6.07) is 38.8. The summed E-state index contributed by atoms with van der Waals surface area (Å²) in [4.78, 5) is 16.6. The van der Waals surface area contributed by atoms with Crippen molar-refractivity contribution in [3.63, 3.8) is 0 Å². The normalized spacial score (nSPS) is 10.5. The first-order valence-electron chi connectivity index (χ1n) is 20.0. The maximum Gasteiger partial charge on any atom is 0.134 e. The highest BCUT2D eigenvalue weighted by molar-refractivity contribution is 6.30. The van der Waals surface area contributed by atoms with E-state index < -0.39 is 0 Å². The van der Waals surface area contributed by atoms with Crippen LogP contribution in [0.1, 0.15) is 44.5 Å². The Morgan fingerprint density at radius 3 is 1.46 bits per heavy atom. The number of rotatable bonds is 6. The van der Waals surface area contributed by atoms with Gasteiger partial charge in [0.05, 0.1) is 23.3 Å². The van der Waals surface area contributed by atoms with Crippen LogP contribution in [0.3, 0.4) is 0 Å². The topological polar surface area (TPSA) is 237 Å². The molecule has 0 saturated heterocycles. The Morgan fingerprint density at radius 2 is 1.02 bits per heavy atom. The van der Waals surface area contributed by atoms with E-state index in [1.807, 2.05) is 60.7 Å². The number of aryl methyl sites for hydroxylation is 4. The van der Waals surface area contributed by atoms with Gasteiger partial charge < -0.3 is 22.5 Å². The summed E-state index contributed by atoms with van der Waals surface area (Å²) in [5, 5.41) is 42.1.